The van der Waals surface area contributed by atoms with Gasteiger partial charge in [-0.05, 0) is 73.8 Å². The van der Waals surface area contributed by atoms with Crippen molar-refractivity contribution in [1.82, 2.24) is 9.88 Å². The first-order valence-electron chi connectivity index (χ1n) is 13.8. The van der Waals surface area contributed by atoms with E-state index in [0.717, 1.165) is 5.56 Å². The lowest BCUT2D eigenvalue weighted by Gasteiger charge is -2.42. The van der Waals surface area contributed by atoms with E-state index in [4.69, 9.17) is 19.9 Å². The number of aromatic nitrogens is 1. The van der Waals surface area contributed by atoms with Gasteiger partial charge < -0.3 is 34.7 Å². The van der Waals surface area contributed by atoms with Gasteiger partial charge in [-0.3, -0.25) is 0 Å². The summed E-state index contributed by atoms with van der Waals surface area (Å²) in [5, 5.41) is 3.02. The number of hydrogen-bond donors (Lipinski definition) is 2. The van der Waals surface area contributed by atoms with Crippen LogP contribution in [0.25, 0.3) is 0 Å². The quantitative estimate of drug-likeness (QED) is 0.355. The lowest BCUT2D eigenvalue weighted by Crippen LogP contribution is -2.58. The zero-order valence-electron chi connectivity index (χ0n) is 25.1. The van der Waals surface area contributed by atoms with Crippen LogP contribution in [0.1, 0.15) is 94.6 Å². The van der Waals surface area contributed by atoms with E-state index >= 15 is 0 Å². The van der Waals surface area contributed by atoms with Crippen molar-refractivity contribution in [3.63, 3.8) is 0 Å². The van der Waals surface area contributed by atoms with Gasteiger partial charge in [0.05, 0.1) is 17.8 Å². The van der Waals surface area contributed by atoms with E-state index in [0.29, 0.717) is 31.7 Å². The van der Waals surface area contributed by atoms with E-state index in [2.05, 4.69) is 5.32 Å². The Morgan fingerprint density at radius 3 is 2.20 bits per heavy atom. The molecule has 2 aromatic rings. The molecule has 3 N–H and O–H groups in total. The van der Waals surface area contributed by atoms with Crippen LogP contribution in [0.4, 0.5) is 16.3 Å². The number of nitrogen functional groups attached to an aromatic ring is 1. The summed E-state index contributed by atoms with van der Waals surface area (Å²) in [4.78, 5) is 41.6. The molecule has 220 valence electrons. The molecule has 0 radical (unpaired) electrons. The number of esters is 2. The number of carbonyl (C=O) groups excluding carboxylic acids is 3. The lowest BCUT2D eigenvalue weighted by molar-refractivity contribution is 0.00704. The minimum absolute atomic E-state index is 0.00556. The number of nitrogens with zero attached hydrogens (tertiary/aromatic N) is 2. The Morgan fingerprint density at radius 1 is 1.00 bits per heavy atom. The fourth-order valence-electron chi connectivity index (χ4n) is 4.90. The number of ether oxygens (including phenoxy) is 3. The molecule has 1 saturated heterocycles. The van der Waals surface area contributed by atoms with E-state index < -0.39 is 34.8 Å². The second-order valence-electron chi connectivity index (χ2n) is 12.5. The molecule has 0 spiro atoms. The van der Waals surface area contributed by atoms with E-state index in [-0.39, 0.29) is 30.1 Å². The standard InChI is InChI=1S/C30H44N4O6/c1-9-38-26(36)23-22(31)21(25(35)39-28(2,3)4)24(34(23)18-20-14-11-10-12-15-20)33-17-13-16-30(8,19-33)32-27(37)40-29(5,6)7/h10-12,14-15H,9,13,16-19,31H2,1-8H3,(H,32,37)/t30-/m1/s1. The summed E-state index contributed by atoms with van der Waals surface area (Å²) < 4.78 is 18.4. The number of benzene rings is 1. The predicted octanol–water partition coefficient (Wildman–Crippen LogP) is 5.13. The third kappa shape index (κ3) is 7.70. The van der Waals surface area contributed by atoms with E-state index in [9.17, 15) is 14.4 Å². The summed E-state index contributed by atoms with van der Waals surface area (Å²) >= 11 is 0. The molecule has 10 heteroatoms. The molecule has 1 aromatic carbocycles. The Labute approximate surface area is 237 Å². The van der Waals surface area contributed by atoms with Gasteiger partial charge in [0.25, 0.3) is 0 Å². The summed E-state index contributed by atoms with van der Waals surface area (Å²) in [7, 11) is 0. The highest BCUT2D eigenvalue weighted by Crippen LogP contribution is 2.38. The van der Waals surface area contributed by atoms with E-state index in [1.54, 1.807) is 32.3 Å². The number of anilines is 2. The number of nitrogens with two attached hydrogens (primary N) is 1. The molecule has 1 aromatic heterocycles. The van der Waals surface area contributed by atoms with Gasteiger partial charge >= 0.3 is 18.0 Å². The van der Waals surface area contributed by atoms with Gasteiger partial charge in [0, 0.05) is 19.6 Å². The SMILES string of the molecule is CCOC(=O)c1c(N)c(C(=O)OC(C)(C)C)c(N2CCC[C@@](C)(NC(=O)OC(C)(C)C)C2)n1Cc1ccccc1. The third-order valence-corrected chi connectivity index (χ3v) is 6.33. The molecule has 0 aliphatic carbocycles. The molecular formula is C30H44N4O6. The Morgan fingerprint density at radius 2 is 1.62 bits per heavy atom. The monoisotopic (exact) mass is 556 g/mol. The van der Waals surface area contributed by atoms with Crippen LogP contribution in [0.5, 0.6) is 0 Å². The van der Waals surface area contributed by atoms with E-state index in [1.165, 1.54) is 0 Å². The van der Waals surface area contributed by atoms with Gasteiger partial charge in [-0.2, -0.15) is 0 Å². The van der Waals surface area contributed by atoms with E-state index in [1.807, 2.05) is 62.9 Å². The van der Waals surface area contributed by atoms with Gasteiger partial charge in [-0.25, -0.2) is 14.4 Å². The number of rotatable bonds is 7. The average Bonchev–Trinajstić information content (AvgIpc) is 3.09. The fraction of sp³-hybridized carbons (Fsp3) is 0.567. The summed E-state index contributed by atoms with van der Waals surface area (Å²) in [6.07, 6.45) is 0.894. The van der Waals surface area contributed by atoms with Crippen LogP contribution in [0.15, 0.2) is 30.3 Å². The first-order valence-corrected chi connectivity index (χ1v) is 13.8. The molecule has 3 rings (SSSR count). The van der Waals surface area contributed by atoms with Crippen molar-refractivity contribution >= 4 is 29.5 Å². The van der Waals surface area contributed by atoms with Crippen LogP contribution in [0.3, 0.4) is 0 Å². The molecule has 0 unspecified atom stereocenters. The normalized spacial score (nSPS) is 17.8. The van der Waals surface area contributed by atoms with Crippen LogP contribution in [-0.4, -0.2) is 59.0 Å². The second-order valence-corrected chi connectivity index (χ2v) is 12.5. The molecule has 0 saturated carbocycles. The zero-order chi connectivity index (χ0) is 29.9. The van der Waals surface area contributed by atoms with Crippen molar-refractivity contribution in [2.24, 2.45) is 0 Å². The summed E-state index contributed by atoms with van der Waals surface area (Å²) in [6, 6.07) is 9.59. The van der Waals surface area contributed by atoms with Crippen molar-refractivity contribution in [1.29, 1.82) is 0 Å². The predicted molar refractivity (Wildman–Crippen MR) is 155 cm³/mol. The maximum atomic E-state index is 13.7. The van der Waals surface area contributed by atoms with Crippen molar-refractivity contribution in [2.75, 3.05) is 30.3 Å². The van der Waals surface area contributed by atoms with Crippen molar-refractivity contribution in [3.05, 3.63) is 47.2 Å². The Kier molecular flexibility index (Phi) is 9.11. The minimum Gasteiger partial charge on any atom is -0.461 e. The fourth-order valence-corrected chi connectivity index (χ4v) is 4.90. The molecule has 1 amide bonds. The highest BCUT2D eigenvalue weighted by atomic mass is 16.6. The van der Waals surface area contributed by atoms with Crippen molar-refractivity contribution in [2.45, 2.75) is 91.5 Å². The van der Waals surface area contributed by atoms with Gasteiger partial charge in [-0.1, -0.05) is 30.3 Å². The maximum absolute atomic E-state index is 13.7. The number of amides is 1. The van der Waals surface area contributed by atoms with Crippen LogP contribution in [0, 0.1) is 0 Å². The van der Waals surface area contributed by atoms with Crippen LogP contribution >= 0.6 is 0 Å². The highest BCUT2D eigenvalue weighted by molar-refractivity contribution is 6.08. The maximum Gasteiger partial charge on any atom is 0.408 e. The number of carbonyl (C=O) groups is 3. The highest BCUT2D eigenvalue weighted by Gasteiger charge is 2.40. The Hall–Kier alpha value is -3.69. The molecule has 0 bridgehead atoms. The lowest BCUT2D eigenvalue weighted by atomic mass is 9.91. The van der Waals surface area contributed by atoms with Crippen molar-refractivity contribution < 1.29 is 28.6 Å². The smallest absolute Gasteiger partial charge is 0.408 e. The molecule has 1 fully saturated rings. The first kappa shape index (κ1) is 30.8. The summed E-state index contributed by atoms with van der Waals surface area (Å²) in [5.41, 5.74) is 5.60. The summed E-state index contributed by atoms with van der Waals surface area (Å²) in [6.45, 7) is 15.7. The van der Waals surface area contributed by atoms with Crippen LogP contribution < -0.4 is 16.0 Å². The summed E-state index contributed by atoms with van der Waals surface area (Å²) in [5.74, 6) is -0.807. The molecule has 1 atom stereocenters. The zero-order valence-corrected chi connectivity index (χ0v) is 25.1. The molecule has 40 heavy (non-hydrogen) atoms. The topological polar surface area (TPSA) is 125 Å². The molecule has 10 nitrogen and oxygen atoms in total. The molecule has 2 heterocycles. The number of piperidine rings is 1. The van der Waals surface area contributed by atoms with Crippen LogP contribution in [0.2, 0.25) is 0 Å². The van der Waals surface area contributed by atoms with Gasteiger partial charge in [0.15, 0.2) is 5.69 Å². The third-order valence-electron chi connectivity index (χ3n) is 6.33. The average molecular weight is 557 g/mol. The Bertz CT molecular complexity index is 1230. The van der Waals surface area contributed by atoms with Gasteiger partial charge in [-0.15, -0.1) is 0 Å². The first-order chi connectivity index (χ1) is 18.5. The second kappa shape index (κ2) is 11.8. The Balaban J connectivity index is 2.17. The molecule has 1 aliphatic heterocycles. The van der Waals surface area contributed by atoms with Gasteiger partial charge in [0.1, 0.15) is 22.6 Å². The molecular weight excluding hydrogens is 512 g/mol. The number of hydrogen-bond acceptors (Lipinski definition) is 8. The number of alkyl carbamates (subject to hydrolysis) is 1. The van der Waals surface area contributed by atoms with Crippen molar-refractivity contribution in [3.8, 4) is 0 Å². The number of nitrogens with one attached hydrogen (secondary N) is 1. The largest absolute Gasteiger partial charge is 0.461 e. The van der Waals surface area contributed by atoms with Gasteiger partial charge in [0.2, 0.25) is 0 Å². The van der Waals surface area contributed by atoms with Crippen LogP contribution in [-0.2, 0) is 20.8 Å². The molecule has 1 aliphatic rings. The minimum atomic E-state index is -0.791.